The first-order valence-electron chi connectivity index (χ1n) is 3.28. The maximum absolute atomic E-state index is 10.3. The minimum Gasteiger partial charge on any atom is -0.512 e. The standard InChI is InChI=1S/C8H10O2/c1-6-3-2-4-8(10)7(6)5-9/h2-7,10H,1H3. The van der Waals surface area contributed by atoms with Crippen molar-refractivity contribution in [2.75, 3.05) is 0 Å². The summed E-state index contributed by atoms with van der Waals surface area (Å²) in [5.74, 6) is -0.0301. The molecule has 1 aliphatic carbocycles. The Morgan fingerprint density at radius 3 is 2.80 bits per heavy atom. The van der Waals surface area contributed by atoms with Gasteiger partial charge >= 0.3 is 0 Å². The van der Waals surface area contributed by atoms with Crippen LogP contribution in [0.25, 0.3) is 0 Å². The Kier molecular flexibility index (Phi) is 1.90. The molecular formula is C8H10O2. The number of aldehydes is 1. The van der Waals surface area contributed by atoms with Gasteiger partial charge in [0.05, 0.1) is 5.92 Å². The number of aliphatic hydroxyl groups excluding tert-OH is 1. The van der Waals surface area contributed by atoms with Crippen LogP contribution >= 0.6 is 0 Å². The summed E-state index contributed by atoms with van der Waals surface area (Å²) >= 11 is 0. The van der Waals surface area contributed by atoms with E-state index in [2.05, 4.69) is 0 Å². The van der Waals surface area contributed by atoms with Gasteiger partial charge in [-0.25, -0.2) is 0 Å². The molecule has 0 aromatic carbocycles. The lowest BCUT2D eigenvalue weighted by Crippen LogP contribution is -2.15. The second kappa shape index (κ2) is 2.69. The third-order valence-corrected chi connectivity index (χ3v) is 1.74. The lowest BCUT2D eigenvalue weighted by Gasteiger charge is -2.16. The first kappa shape index (κ1) is 7.06. The molecule has 0 fully saturated rings. The van der Waals surface area contributed by atoms with Gasteiger partial charge in [0.1, 0.15) is 12.0 Å². The molecule has 10 heavy (non-hydrogen) atoms. The Balaban J connectivity index is 2.80. The lowest BCUT2D eigenvalue weighted by molar-refractivity contribution is -0.111. The lowest BCUT2D eigenvalue weighted by atomic mass is 9.90. The second-order valence-electron chi connectivity index (χ2n) is 2.50. The monoisotopic (exact) mass is 138 g/mol. The number of hydrogen-bond donors (Lipinski definition) is 1. The van der Waals surface area contributed by atoms with Crippen LogP contribution in [-0.4, -0.2) is 11.4 Å². The number of rotatable bonds is 1. The number of carbonyl (C=O) groups excluding carboxylic acids is 1. The van der Waals surface area contributed by atoms with Gasteiger partial charge in [0.15, 0.2) is 0 Å². The molecule has 0 aromatic heterocycles. The second-order valence-corrected chi connectivity index (χ2v) is 2.50. The molecule has 54 valence electrons. The van der Waals surface area contributed by atoms with Crippen molar-refractivity contribution in [1.82, 2.24) is 0 Å². The highest BCUT2D eigenvalue weighted by Gasteiger charge is 2.19. The van der Waals surface area contributed by atoms with E-state index in [1.807, 2.05) is 13.0 Å². The third-order valence-electron chi connectivity index (χ3n) is 1.74. The number of allylic oxidation sites excluding steroid dienone is 4. The van der Waals surface area contributed by atoms with E-state index in [-0.39, 0.29) is 17.6 Å². The van der Waals surface area contributed by atoms with Crippen molar-refractivity contribution in [3.63, 3.8) is 0 Å². The summed E-state index contributed by atoms with van der Waals surface area (Å²) in [5.41, 5.74) is 0. The molecule has 1 aliphatic rings. The summed E-state index contributed by atoms with van der Waals surface area (Å²) in [6.45, 7) is 1.90. The molecule has 0 saturated heterocycles. The fourth-order valence-corrected chi connectivity index (χ4v) is 1.02. The van der Waals surface area contributed by atoms with Crippen LogP contribution in [0.4, 0.5) is 0 Å². The topological polar surface area (TPSA) is 37.3 Å². The van der Waals surface area contributed by atoms with E-state index in [1.165, 1.54) is 0 Å². The average Bonchev–Trinajstić information content (AvgIpc) is 1.88. The Morgan fingerprint density at radius 1 is 1.70 bits per heavy atom. The maximum atomic E-state index is 10.3. The van der Waals surface area contributed by atoms with Gasteiger partial charge in [-0.3, -0.25) is 0 Å². The molecule has 0 radical (unpaired) electrons. The summed E-state index contributed by atoms with van der Waals surface area (Å²) in [6.07, 6.45) is 6.00. The van der Waals surface area contributed by atoms with Crippen molar-refractivity contribution in [2.45, 2.75) is 6.92 Å². The Morgan fingerprint density at radius 2 is 2.40 bits per heavy atom. The van der Waals surface area contributed by atoms with Gasteiger partial charge in [0, 0.05) is 0 Å². The van der Waals surface area contributed by atoms with Gasteiger partial charge in [-0.15, -0.1) is 0 Å². The molecular weight excluding hydrogens is 128 g/mol. The van der Waals surface area contributed by atoms with Crippen LogP contribution in [0.5, 0.6) is 0 Å². The molecule has 0 saturated carbocycles. The van der Waals surface area contributed by atoms with Gasteiger partial charge < -0.3 is 9.90 Å². The van der Waals surface area contributed by atoms with Crippen molar-refractivity contribution in [3.8, 4) is 0 Å². The SMILES string of the molecule is CC1C=CC=C(O)C1C=O. The van der Waals surface area contributed by atoms with Crippen molar-refractivity contribution >= 4 is 6.29 Å². The van der Waals surface area contributed by atoms with Crippen molar-refractivity contribution in [1.29, 1.82) is 0 Å². The average molecular weight is 138 g/mol. The third kappa shape index (κ3) is 1.10. The first-order chi connectivity index (χ1) is 4.75. The van der Waals surface area contributed by atoms with Crippen LogP contribution in [0.3, 0.4) is 0 Å². The first-order valence-corrected chi connectivity index (χ1v) is 3.28. The molecule has 1 N–H and O–H groups in total. The highest BCUT2D eigenvalue weighted by atomic mass is 16.3. The molecule has 0 bridgehead atoms. The number of carbonyl (C=O) groups is 1. The minimum atomic E-state index is -0.329. The van der Waals surface area contributed by atoms with Crippen LogP contribution < -0.4 is 0 Å². The number of hydrogen-bond acceptors (Lipinski definition) is 2. The van der Waals surface area contributed by atoms with Crippen LogP contribution in [0.2, 0.25) is 0 Å². The molecule has 2 atom stereocenters. The summed E-state index contributed by atoms with van der Waals surface area (Å²) in [4.78, 5) is 10.3. The van der Waals surface area contributed by atoms with Crippen LogP contribution in [0, 0.1) is 11.8 Å². The fraction of sp³-hybridized carbons (Fsp3) is 0.375. The van der Waals surface area contributed by atoms with Gasteiger partial charge in [-0.2, -0.15) is 0 Å². The predicted octanol–water partition coefficient (Wildman–Crippen LogP) is 1.45. The molecule has 0 aromatic rings. The highest BCUT2D eigenvalue weighted by Crippen LogP contribution is 2.21. The van der Waals surface area contributed by atoms with E-state index in [1.54, 1.807) is 12.2 Å². The molecule has 2 unspecified atom stereocenters. The molecule has 0 spiro atoms. The van der Waals surface area contributed by atoms with E-state index in [0.29, 0.717) is 0 Å². The zero-order chi connectivity index (χ0) is 7.56. The van der Waals surface area contributed by atoms with Crippen LogP contribution in [0.1, 0.15) is 6.92 Å². The Bertz CT molecular complexity index is 191. The van der Waals surface area contributed by atoms with Gasteiger partial charge in [-0.05, 0) is 12.0 Å². The molecule has 1 rings (SSSR count). The quantitative estimate of drug-likeness (QED) is 0.557. The van der Waals surface area contributed by atoms with E-state index < -0.39 is 0 Å². The zero-order valence-electron chi connectivity index (χ0n) is 5.82. The van der Waals surface area contributed by atoms with Crippen molar-refractivity contribution in [2.24, 2.45) is 11.8 Å². The summed E-state index contributed by atoms with van der Waals surface area (Å²) in [5, 5.41) is 9.12. The smallest absolute Gasteiger partial charge is 0.131 e. The Labute approximate surface area is 59.9 Å². The number of aliphatic hydroxyl groups is 1. The predicted molar refractivity (Wildman–Crippen MR) is 38.6 cm³/mol. The summed E-state index contributed by atoms with van der Waals surface area (Å²) < 4.78 is 0. The van der Waals surface area contributed by atoms with E-state index in [9.17, 15) is 4.79 Å². The minimum absolute atomic E-state index is 0.127. The van der Waals surface area contributed by atoms with E-state index in [4.69, 9.17) is 5.11 Å². The van der Waals surface area contributed by atoms with Crippen LogP contribution in [-0.2, 0) is 4.79 Å². The van der Waals surface area contributed by atoms with Gasteiger partial charge in [0.25, 0.3) is 0 Å². The van der Waals surface area contributed by atoms with E-state index >= 15 is 0 Å². The van der Waals surface area contributed by atoms with Crippen LogP contribution in [0.15, 0.2) is 24.0 Å². The summed E-state index contributed by atoms with van der Waals surface area (Å²) in [7, 11) is 0. The summed E-state index contributed by atoms with van der Waals surface area (Å²) in [6, 6.07) is 0. The molecule has 0 heterocycles. The van der Waals surface area contributed by atoms with E-state index in [0.717, 1.165) is 6.29 Å². The van der Waals surface area contributed by atoms with Gasteiger partial charge in [0.2, 0.25) is 0 Å². The van der Waals surface area contributed by atoms with Crippen molar-refractivity contribution < 1.29 is 9.90 Å². The molecule has 0 amide bonds. The fourth-order valence-electron chi connectivity index (χ4n) is 1.02. The maximum Gasteiger partial charge on any atom is 0.131 e. The molecule has 2 nitrogen and oxygen atoms in total. The van der Waals surface area contributed by atoms with Crippen molar-refractivity contribution in [3.05, 3.63) is 24.0 Å². The highest BCUT2D eigenvalue weighted by molar-refractivity contribution is 5.59. The largest absolute Gasteiger partial charge is 0.512 e. The zero-order valence-corrected chi connectivity index (χ0v) is 5.82. The normalized spacial score (nSPS) is 31.5. The van der Waals surface area contributed by atoms with Gasteiger partial charge in [-0.1, -0.05) is 19.1 Å². The Hall–Kier alpha value is -1.05. The molecule has 0 aliphatic heterocycles. The molecule has 2 heteroatoms.